The fraction of sp³-hybridized carbons (Fsp3) is 0.423. The molecule has 11 heteroatoms. The van der Waals surface area contributed by atoms with Crippen molar-refractivity contribution in [2.24, 2.45) is 0 Å². The molecule has 0 saturated carbocycles. The van der Waals surface area contributed by atoms with Crippen LogP contribution in [0.25, 0.3) is 11.1 Å². The van der Waals surface area contributed by atoms with Crippen LogP contribution in [0.5, 0.6) is 0 Å². The molecule has 2 aromatic carbocycles. The van der Waals surface area contributed by atoms with Crippen molar-refractivity contribution < 1.29 is 33.3 Å². The lowest BCUT2D eigenvalue weighted by Crippen LogP contribution is -2.37. The third-order valence-corrected chi connectivity index (χ3v) is 5.53. The molecule has 0 aromatic heterocycles. The summed E-state index contributed by atoms with van der Waals surface area (Å²) < 4.78 is 20.9. The summed E-state index contributed by atoms with van der Waals surface area (Å²) in [6, 6.07) is 16.3. The predicted octanol–water partition coefficient (Wildman–Crippen LogP) is 1.58. The zero-order valence-corrected chi connectivity index (χ0v) is 20.9. The molecule has 200 valence electrons. The zero-order chi connectivity index (χ0) is 26.3. The van der Waals surface area contributed by atoms with Gasteiger partial charge in [-0.3, -0.25) is 10.1 Å². The highest BCUT2D eigenvalue weighted by molar-refractivity contribution is 5.79. The van der Waals surface area contributed by atoms with E-state index in [1.54, 1.807) is 7.05 Å². The molecule has 1 aliphatic rings. The van der Waals surface area contributed by atoms with Crippen LogP contribution >= 0.6 is 0 Å². The van der Waals surface area contributed by atoms with Gasteiger partial charge in [0.25, 0.3) is 0 Å². The summed E-state index contributed by atoms with van der Waals surface area (Å²) in [6.45, 7) is 1.84. The summed E-state index contributed by atoms with van der Waals surface area (Å²) >= 11 is 0. The van der Waals surface area contributed by atoms with Gasteiger partial charge in [-0.15, -0.1) is 0 Å². The zero-order valence-electron chi connectivity index (χ0n) is 20.9. The lowest BCUT2D eigenvalue weighted by Gasteiger charge is -2.14. The van der Waals surface area contributed by atoms with Gasteiger partial charge < -0.3 is 34.9 Å². The largest absolute Gasteiger partial charge is 0.449 e. The molecule has 37 heavy (non-hydrogen) atoms. The number of carbonyl (C=O) groups is 3. The monoisotopic (exact) mass is 514 g/mol. The number of nitrogens with one attached hydrogen (secondary N) is 4. The van der Waals surface area contributed by atoms with Crippen molar-refractivity contribution in [3.05, 3.63) is 59.7 Å². The molecule has 3 rings (SSSR count). The molecule has 0 heterocycles. The van der Waals surface area contributed by atoms with E-state index in [1.807, 2.05) is 24.3 Å². The molecular formula is C26H34N4O7. The van der Waals surface area contributed by atoms with Gasteiger partial charge in [0.1, 0.15) is 19.9 Å². The highest BCUT2D eigenvalue weighted by atomic mass is 16.6. The minimum atomic E-state index is -0.565. The Morgan fingerprint density at radius 2 is 1.32 bits per heavy atom. The Labute approximate surface area is 216 Å². The van der Waals surface area contributed by atoms with Gasteiger partial charge in [0, 0.05) is 25.6 Å². The SMILES string of the molecule is CNCOC(=O)NCCNC(=O)COCCOCCNC(=O)OCC1c2ccccc2-c2ccccc21. The maximum atomic E-state index is 12.1. The van der Waals surface area contributed by atoms with Gasteiger partial charge in [0.15, 0.2) is 0 Å². The van der Waals surface area contributed by atoms with Crippen molar-refractivity contribution >= 4 is 18.1 Å². The lowest BCUT2D eigenvalue weighted by atomic mass is 9.98. The number of alkyl carbamates (subject to hydrolysis) is 2. The number of amides is 3. The number of benzene rings is 2. The van der Waals surface area contributed by atoms with Crippen LogP contribution in [0.4, 0.5) is 9.59 Å². The minimum Gasteiger partial charge on any atom is -0.449 e. The first-order valence-corrected chi connectivity index (χ1v) is 12.2. The van der Waals surface area contributed by atoms with E-state index in [-0.39, 0.29) is 64.7 Å². The second kappa shape index (κ2) is 15.4. The predicted molar refractivity (Wildman–Crippen MR) is 136 cm³/mol. The summed E-state index contributed by atoms with van der Waals surface area (Å²) in [4.78, 5) is 35.0. The van der Waals surface area contributed by atoms with Crippen molar-refractivity contribution in [2.45, 2.75) is 5.92 Å². The second-order valence-electron chi connectivity index (χ2n) is 8.12. The average Bonchev–Trinajstić information content (AvgIpc) is 3.24. The fourth-order valence-corrected chi connectivity index (χ4v) is 3.87. The van der Waals surface area contributed by atoms with Crippen LogP contribution in [0.3, 0.4) is 0 Å². The molecule has 3 amide bonds. The molecular weight excluding hydrogens is 480 g/mol. The number of rotatable bonds is 15. The van der Waals surface area contributed by atoms with Gasteiger partial charge in [-0.2, -0.15) is 0 Å². The fourth-order valence-electron chi connectivity index (χ4n) is 3.87. The van der Waals surface area contributed by atoms with E-state index in [0.717, 1.165) is 11.1 Å². The van der Waals surface area contributed by atoms with E-state index in [0.29, 0.717) is 6.54 Å². The number of carbonyl (C=O) groups excluding carboxylic acids is 3. The topological polar surface area (TPSA) is 136 Å². The standard InChI is InChI=1S/C26H34N4O7/c1-27-18-37-26(33)29-11-10-28-24(31)17-35-15-14-34-13-12-30-25(32)36-16-23-21-8-4-2-6-19(21)20-7-3-5-9-22(20)23/h2-9,23,27H,10-18H2,1H3,(H,28,31)(H,29,33)(H,30,32). The Morgan fingerprint density at radius 3 is 2.03 bits per heavy atom. The van der Waals surface area contributed by atoms with Gasteiger partial charge in [-0.25, -0.2) is 9.59 Å². The van der Waals surface area contributed by atoms with Crippen molar-refractivity contribution in [3.8, 4) is 11.1 Å². The molecule has 0 radical (unpaired) electrons. The third-order valence-electron chi connectivity index (χ3n) is 5.53. The quantitative estimate of drug-likeness (QED) is 0.208. The molecule has 2 aromatic rings. The Hall–Kier alpha value is -3.67. The maximum absolute atomic E-state index is 12.1. The number of hydrogen-bond donors (Lipinski definition) is 4. The van der Waals surface area contributed by atoms with Gasteiger partial charge >= 0.3 is 12.2 Å². The van der Waals surface area contributed by atoms with Crippen molar-refractivity contribution in [2.75, 3.05) is 66.4 Å². The van der Waals surface area contributed by atoms with Crippen LogP contribution in [-0.4, -0.2) is 84.5 Å². The summed E-state index contributed by atoms with van der Waals surface area (Å²) in [7, 11) is 1.66. The van der Waals surface area contributed by atoms with Crippen LogP contribution in [0.15, 0.2) is 48.5 Å². The first-order chi connectivity index (χ1) is 18.1. The number of ether oxygens (including phenoxy) is 4. The van der Waals surface area contributed by atoms with E-state index < -0.39 is 12.2 Å². The Kier molecular flexibility index (Phi) is 11.6. The van der Waals surface area contributed by atoms with Gasteiger partial charge in [-0.05, 0) is 29.3 Å². The van der Waals surface area contributed by atoms with Gasteiger partial charge in [0.2, 0.25) is 5.91 Å². The Balaban J connectivity index is 1.19. The molecule has 0 atom stereocenters. The first kappa shape index (κ1) is 27.9. The molecule has 11 nitrogen and oxygen atoms in total. The summed E-state index contributed by atoms with van der Waals surface area (Å²) in [5.74, 6) is -0.290. The highest BCUT2D eigenvalue weighted by Crippen LogP contribution is 2.44. The third kappa shape index (κ3) is 9.05. The highest BCUT2D eigenvalue weighted by Gasteiger charge is 2.28. The van der Waals surface area contributed by atoms with Crippen LogP contribution in [0.1, 0.15) is 17.0 Å². The average molecular weight is 515 g/mol. The smallest absolute Gasteiger partial charge is 0.408 e. The molecule has 0 fully saturated rings. The molecule has 4 N–H and O–H groups in total. The summed E-state index contributed by atoms with van der Waals surface area (Å²) in [5, 5.41) is 10.5. The molecule has 0 aliphatic heterocycles. The molecule has 0 unspecified atom stereocenters. The number of hydrogen-bond acceptors (Lipinski definition) is 8. The van der Waals surface area contributed by atoms with Crippen LogP contribution < -0.4 is 21.3 Å². The van der Waals surface area contributed by atoms with E-state index in [4.69, 9.17) is 18.9 Å². The van der Waals surface area contributed by atoms with Gasteiger partial charge in [0.05, 0.1) is 19.8 Å². The first-order valence-electron chi connectivity index (χ1n) is 12.2. The van der Waals surface area contributed by atoms with Crippen molar-refractivity contribution in [1.82, 2.24) is 21.3 Å². The van der Waals surface area contributed by atoms with Gasteiger partial charge in [-0.1, -0.05) is 48.5 Å². The van der Waals surface area contributed by atoms with Crippen LogP contribution in [-0.2, 0) is 23.7 Å². The molecule has 1 aliphatic carbocycles. The lowest BCUT2D eigenvalue weighted by molar-refractivity contribution is -0.126. The minimum absolute atomic E-state index is 0.0138. The van der Waals surface area contributed by atoms with E-state index in [1.165, 1.54) is 11.1 Å². The Bertz CT molecular complexity index is 988. The molecule has 0 spiro atoms. The van der Waals surface area contributed by atoms with Crippen LogP contribution in [0.2, 0.25) is 0 Å². The maximum Gasteiger partial charge on any atom is 0.408 e. The van der Waals surface area contributed by atoms with E-state index in [9.17, 15) is 14.4 Å². The van der Waals surface area contributed by atoms with E-state index >= 15 is 0 Å². The molecule has 0 saturated heterocycles. The number of fused-ring (bicyclic) bond motifs is 3. The normalized spacial score (nSPS) is 11.8. The summed E-state index contributed by atoms with van der Waals surface area (Å²) in [5.41, 5.74) is 4.68. The van der Waals surface area contributed by atoms with Crippen molar-refractivity contribution in [3.63, 3.8) is 0 Å². The van der Waals surface area contributed by atoms with Crippen molar-refractivity contribution in [1.29, 1.82) is 0 Å². The summed E-state index contributed by atoms with van der Waals surface area (Å²) in [6.07, 6.45) is -1.06. The molecule has 0 bridgehead atoms. The second-order valence-corrected chi connectivity index (χ2v) is 8.12. The van der Waals surface area contributed by atoms with E-state index in [2.05, 4.69) is 45.5 Å². The Morgan fingerprint density at radius 1 is 0.730 bits per heavy atom. The van der Waals surface area contributed by atoms with Crippen LogP contribution in [0, 0.1) is 0 Å².